The number of nitrogens with one attached hydrogen (secondary N) is 1. The van der Waals surface area contributed by atoms with Crippen molar-refractivity contribution in [3.05, 3.63) is 16.5 Å². The lowest BCUT2D eigenvalue weighted by molar-refractivity contribution is -0.0846. The van der Waals surface area contributed by atoms with E-state index >= 15 is 0 Å². The summed E-state index contributed by atoms with van der Waals surface area (Å²) in [6.07, 6.45) is -0.248. The molecule has 0 spiro atoms. The zero-order valence-corrected chi connectivity index (χ0v) is 12.2. The van der Waals surface area contributed by atoms with Gasteiger partial charge in [-0.05, 0) is 18.6 Å². The summed E-state index contributed by atoms with van der Waals surface area (Å²) >= 11 is 1.08. The van der Waals surface area contributed by atoms with E-state index < -0.39 is 10.0 Å². The van der Waals surface area contributed by atoms with Crippen LogP contribution in [0.1, 0.15) is 10.4 Å². The number of aryl methyl sites for hydroxylation is 1. The zero-order valence-electron chi connectivity index (χ0n) is 10.6. The molecule has 1 aromatic heterocycles. The van der Waals surface area contributed by atoms with Gasteiger partial charge >= 0.3 is 0 Å². The van der Waals surface area contributed by atoms with Crippen molar-refractivity contribution in [1.29, 1.82) is 0 Å². The van der Waals surface area contributed by atoms with Crippen molar-refractivity contribution in [2.75, 3.05) is 26.4 Å². The third kappa shape index (κ3) is 3.74. The molecule has 2 N–H and O–H groups in total. The van der Waals surface area contributed by atoms with Gasteiger partial charge in [0.25, 0.3) is 0 Å². The molecule has 2 rings (SSSR count). The van der Waals surface area contributed by atoms with Gasteiger partial charge in [-0.25, -0.2) is 13.1 Å². The molecule has 0 amide bonds. The highest BCUT2D eigenvalue weighted by Gasteiger charge is 2.22. The van der Waals surface area contributed by atoms with Crippen molar-refractivity contribution in [3.63, 3.8) is 0 Å². The quantitative estimate of drug-likeness (QED) is 0.814. The van der Waals surface area contributed by atoms with Crippen LogP contribution >= 0.6 is 11.3 Å². The monoisotopic (exact) mass is 307 g/mol. The number of aliphatic hydroxyl groups excluding tert-OH is 1. The van der Waals surface area contributed by atoms with Crippen LogP contribution in [0.3, 0.4) is 0 Å². The summed E-state index contributed by atoms with van der Waals surface area (Å²) in [6, 6.07) is 1.57. The summed E-state index contributed by atoms with van der Waals surface area (Å²) in [5.74, 6) is 0. The first-order chi connectivity index (χ1) is 9.03. The highest BCUT2D eigenvalue weighted by molar-refractivity contribution is 7.91. The molecular formula is C11H17NO5S2. The Morgan fingerprint density at radius 1 is 1.53 bits per heavy atom. The molecule has 0 aromatic carbocycles. The van der Waals surface area contributed by atoms with Crippen LogP contribution in [0, 0.1) is 6.92 Å². The van der Waals surface area contributed by atoms with E-state index in [9.17, 15) is 8.42 Å². The molecule has 1 saturated heterocycles. The molecule has 1 fully saturated rings. The molecule has 1 atom stereocenters. The highest BCUT2D eigenvalue weighted by atomic mass is 32.2. The zero-order chi connectivity index (χ0) is 13.9. The second-order valence-corrected chi connectivity index (χ2v) is 7.38. The summed E-state index contributed by atoms with van der Waals surface area (Å²) in [4.78, 5) is 0.664. The lowest BCUT2D eigenvalue weighted by Gasteiger charge is -2.22. The number of sulfonamides is 1. The number of hydrogen-bond donors (Lipinski definition) is 2. The molecule has 1 aliphatic rings. The van der Waals surface area contributed by atoms with Crippen LogP contribution in [-0.4, -0.2) is 46.0 Å². The average Bonchev–Trinajstić information content (AvgIpc) is 2.80. The van der Waals surface area contributed by atoms with Crippen LogP contribution in [0.25, 0.3) is 0 Å². The van der Waals surface area contributed by atoms with E-state index in [0.717, 1.165) is 16.9 Å². The fourth-order valence-electron chi connectivity index (χ4n) is 1.71. The number of ether oxygens (including phenoxy) is 2. The van der Waals surface area contributed by atoms with Gasteiger partial charge in [0.05, 0.1) is 32.5 Å². The Morgan fingerprint density at radius 3 is 2.89 bits per heavy atom. The van der Waals surface area contributed by atoms with Crippen molar-refractivity contribution in [3.8, 4) is 0 Å². The van der Waals surface area contributed by atoms with Gasteiger partial charge < -0.3 is 14.6 Å². The van der Waals surface area contributed by atoms with Crippen LogP contribution in [-0.2, 0) is 26.1 Å². The predicted octanol–water partition coefficient (Wildman–Crippen LogP) is 0.243. The van der Waals surface area contributed by atoms with E-state index in [1.165, 1.54) is 0 Å². The Morgan fingerprint density at radius 2 is 2.32 bits per heavy atom. The molecule has 108 valence electrons. The van der Waals surface area contributed by atoms with Gasteiger partial charge in [-0.2, -0.15) is 0 Å². The normalized spacial score (nSPS) is 20.6. The van der Waals surface area contributed by atoms with Crippen LogP contribution in [0.4, 0.5) is 0 Å². The second-order valence-electron chi connectivity index (χ2n) is 4.25. The number of hydrogen-bond acceptors (Lipinski definition) is 6. The second kappa shape index (κ2) is 6.29. The summed E-state index contributed by atoms with van der Waals surface area (Å²) in [5, 5.41) is 9.09. The minimum absolute atomic E-state index is 0.147. The van der Waals surface area contributed by atoms with Crippen LogP contribution in [0.2, 0.25) is 0 Å². The highest BCUT2D eigenvalue weighted by Crippen LogP contribution is 2.25. The lowest BCUT2D eigenvalue weighted by Crippen LogP contribution is -2.39. The van der Waals surface area contributed by atoms with Crippen molar-refractivity contribution in [1.82, 2.24) is 4.72 Å². The number of rotatable bonds is 5. The molecule has 1 unspecified atom stereocenters. The van der Waals surface area contributed by atoms with E-state index in [-0.39, 0.29) is 23.5 Å². The minimum atomic E-state index is -3.55. The molecule has 0 saturated carbocycles. The van der Waals surface area contributed by atoms with Gasteiger partial charge in [-0.1, -0.05) is 0 Å². The fraction of sp³-hybridized carbons (Fsp3) is 0.636. The Hall–Kier alpha value is -0.510. The molecule has 6 nitrogen and oxygen atoms in total. The maximum absolute atomic E-state index is 12.1. The predicted molar refractivity (Wildman–Crippen MR) is 70.7 cm³/mol. The molecule has 0 bridgehead atoms. The molecule has 19 heavy (non-hydrogen) atoms. The van der Waals surface area contributed by atoms with Crippen LogP contribution in [0.5, 0.6) is 0 Å². The Kier molecular flexibility index (Phi) is 4.93. The van der Waals surface area contributed by atoms with Crippen molar-refractivity contribution >= 4 is 21.4 Å². The summed E-state index contributed by atoms with van der Waals surface area (Å²) < 4.78 is 37.4. The summed E-state index contributed by atoms with van der Waals surface area (Å²) in [7, 11) is -3.55. The topological polar surface area (TPSA) is 84.9 Å². The smallest absolute Gasteiger partial charge is 0.250 e. The fourth-order valence-corrected chi connectivity index (χ4v) is 4.27. The number of thiophene rings is 1. The number of aliphatic hydroxyl groups is 1. The summed E-state index contributed by atoms with van der Waals surface area (Å²) in [6.45, 7) is 3.25. The van der Waals surface area contributed by atoms with Crippen molar-refractivity contribution in [2.24, 2.45) is 0 Å². The molecule has 1 aromatic rings. The van der Waals surface area contributed by atoms with Crippen molar-refractivity contribution in [2.45, 2.75) is 23.8 Å². The molecule has 2 heterocycles. The maximum Gasteiger partial charge on any atom is 0.250 e. The van der Waals surface area contributed by atoms with Gasteiger partial charge in [-0.3, -0.25) is 0 Å². The van der Waals surface area contributed by atoms with Gasteiger partial charge in [-0.15, -0.1) is 11.3 Å². The minimum Gasteiger partial charge on any atom is -0.391 e. The standard InChI is InChI=1S/C11H17NO5S2/c1-8-4-11(18-10(8)6-13)19(14,15)12-5-9-7-16-2-3-17-9/h4,9,12-13H,2-3,5-7H2,1H3. The van der Waals surface area contributed by atoms with Gasteiger partial charge in [0.1, 0.15) is 4.21 Å². The maximum atomic E-state index is 12.1. The van der Waals surface area contributed by atoms with Gasteiger partial charge in [0.2, 0.25) is 10.0 Å². The van der Waals surface area contributed by atoms with Crippen molar-refractivity contribution < 1.29 is 23.0 Å². The molecule has 8 heteroatoms. The van der Waals surface area contributed by atoms with Crippen LogP contribution < -0.4 is 4.72 Å². The van der Waals surface area contributed by atoms with E-state index in [1.54, 1.807) is 13.0 Å². The Labute approximate surface area is 116 Å². The van der Waals surface area contributed by atoms with E-state index in [2.05, 4.69) is 4.72 Å². The SMILES string of the molecule is Cc1cc(S(=O)(=O)NCC2COCCO2)sc1CO. The third-order valence-corrected chi connectivity index (χ3v) is 5.91. The Bertz CT molecular complexity index is 519. The molecule has 0 radical (unpaired) electrons. The first-order valence-corrected chi connectivity index (χ1v) is 8.22. The van der Waals surface area contributed by atoms with Gasteiger partial charge in [0, 0.05) is 11.4 Å². The van der Waals surface area contributed by atoms with Gasteiger partial charge in [0.15, 0.2) is 0 Å². The first kappa shape index (κ1) is 14.9. The lowest BCUT2D eigenvalue weighted by atomic mass is 10.3. The van der Waals surface area contributed by atoms with E-state index in [0.29, 0.717) is 24.7 Å². The first-order valence-electron chi connectivity index (χ1n) is 5.92. The third-order valence-electron chi connectivity index (χ3n) is 2.79. The Balaban J connectivity index is 2.00. The molecular weight excluding hydrogens is 290 g/mol. The average molecular weight is 307 g/mol. The molecule has 1 aliphatic heterocycles. The van der Waals surface area contributed by atoms with Crippen LogP contribution in [0.15, 0.2) is 10.3 Å². The largest absolute Gasteiger partial charge is 0.391 e. The summed E-state index contributed by atoms with van der Waals surface area (Å²) in [5.41, 5.74) is 0.783. The molecule has 0 aliphatic carbocycles. The van der Waals surface area contributed by atoms with E-state index in [4.69, 9.17) is 14.6 Å². The van der Waals surface area contributed by atoms with E-state index in [1.807, 2.05) is 0 Å².